The van der Waals surface area contributed by atoms with Crippen LogP contribution in [0.4, 0.5) is 5.69 Å². The zero-order valence-corrected chi connectivity index (χ0v) is 13.7. The molecule has 0 aliphatic rings. The van der Waals surface area contributed by atoms with Crippen LogP contribution in [0.3, 0.4) is 0 Å². The number of hydrogen-bond acceptors (Lipinski definition) is 5. The predicted octanol–water partition coefficient (Wildman–Crippen LogP) is 2.15. The summed E-state index contributed by atoms with van der Waals surface area (Å²) in [5, 5.41) is 5.94. The summed E-state index contributed by atoms with van der Waals surface area (Å²) in [4.78, 5) is 19.1. The van der Waals surface area contributed by atoms with E-state index in [9.17, 15) is 4.79 Å². The molecule has 0 unspecified atom stereocenters. The Bertz CT molecular complexity index is 803. The van der Waals surface area contributed by atoms with Crippen LogP contribution in [0.1, 0.15) is 11.3 Å². The maximum absolute atomic E-state index is 11.9. The number of hydrazone groups is 1. The molecule has 1 aromatic carbocycles. The van der Waals surface area contributed by atoms with Crippen LogP contribution < -0.4 is 10.3 Å². The van der Waals surface area contributed by atoms with Gasteiger partial charge in [-0.2, -0.15) is 5.10 Å². The quantitative estimate of drug-likeness (QED) is 0.577. The summed E-state index contributed by atoms with van der Waals surface area (Å²) in [6, 6.07) is 7.91. The Morgan fingerprint density at radius 3 is 2.87 bits per heavy atom. The molecule has 0 fully saturated rings. The summed E-state index contributed by atoms with van der Waals surface area (Å²) < 4.78 is 1.91. The van der Waals surface area contributed by atoms with E-state index in [1.54, 1.807) is 17.6 Å². The van der Waals surface area contributed by atoms with Gasteiger partial charge in [0.05, 0.1) is 18.3 Å². The molecule has 1 N–H and O–H groups in total. The highest BCUT2D eigenvalue weighted by Gasteiger charge is 2.07. The van der Waals surface area contributed by atoms with E-state index in [0.717, 1.165) is 21.9 Å². The Labute approximate surface area is 138 Å². The van der Waals surface area contributed by atoms with Crippen molar-refractivity contribution in [2.75, 3.05) is 19.0 Å². The molecule has 23 heavy (non-hydrogen) atoms. The Balaban J connectivity index is 1.54. The highest BCUT2D eigenvalue weighted by molar-refractivity contribution is 7.15. The first-order valence-electron chi connectivity index (χ1n) is 7.12. The van der Waals surface area contributed by atoms with E-state index in [2.05, 4.69) is 15.5 Å². The van der Waals surface area contributed by atoms with Gasteiger partial charge < -0.3 is 4.90 Å². The molecule has 118 valence electrons. The molecule has 0 saturated carbocycles. The van der Waals surface area contributed by atoms with Gasteiger partial charge >= 0.3 is 0 Å². The number of carbonyl (C=O) groups is 1. The van der Waals surface area contributed by atoms with E-state index >= 15 is 0 Å². The van der Waals surface area contributed by atoms with Gasteiger partial charge in [0.1, 0.15) is 0 Å². The minimum Gasteiger partial charge on any atom is -0.378 e. The lowest BCUT2D eigenvalue weighted by atomic mass is 10.2. The van der Waals surface area contributed by atoms with E-state index < -0.39 is 0 Å². The molecular formula is C16H17N5OS. The number of amides is 1. The predicted molar refractivity (Wildman–Crippen MR) is 93.3 cm³/mol. The van der Waals surface area contributed by atoms with Gasteiger partial charge in [-0.15, -0.1) is 11.3 Å². The van der Waals surface area contributed by atoms with Gasteiger partial charge in [-0.1, -0.05) is 12.1 Å². The lowest BCUT2D eigenvalue weighted by Crippen LogP contribution is -2.19. The fourth-order valence-electron chi connectivity index (χ4n) is 2.10. The number of rotatable bonds is 5. The molecule has 1 amide bonds. The van der Waals surface area contributed by atoms with Crippen molar-refractivity contribution in [3.63, 3.8) is 0 Å². The summed E-state index contributed by atoms with van der Waals surface area (Å²) in [6.07, 6.45) is 5.62. The van der Waals surface area contributed by atoms with Crippen molar-refractivity contribution in [3.8, 4) is 0 Å². The van der Waals surface area contributed by atoms with Gasteiger partial charge in [0.2, 0.25) is 5.91 Å². The maximum Gasteiger partial charge on any atom is 0.246 e. The maximum atomic E-state index is 11.9. The molecule has 0 atom stereocenters. The highest BCUT2D eigenvalue weighted by Crippen LogP contribution is 2.12. The number of aromatic nitrogens is 2. The second kappa shape index (κ2) is 6.62. The topological polar surface area (TPSA) is 62.0 Å². The lowest BCUT2D eigenvalue weighted by molar-refractivity contribution is -0.120. The molecule has 2 heterocycles. The Morgan fingerprint density at radius 1 is 1.39 bits per heavy atom. The molecule has 0 bridgehead atoms. The third kappa shape index (κ3) is 3.75. The van der Waals surface area contributed by atoms with Gasteiger partial charge in [0, 0.05) is 37.6 Å². The summed E-state index contributed by atoms with van der Waals surface area (Å²) in [5.41, 5.74) is 5.31. The monoisotopic (exact) mass is 327 g/mol. The molecule has 0 aliphatic carbocycles. The summed E-state index contributed by atoms with van der Waals surface area (Å²) >= 11 is 1.54. The highest BCUT2D eigenvalue weighted by atomic mass is 32.1. The zero-order chi connectivity index (χ0) is 16.2. The largest absolute Gasteiger partial charge is 0.378 e. The molecule has 3 rings (SSSR count). The van der Waals surface area contributed by atoms with E-state index in [1.807, 2.05) is 65.4 Å². The minimum atomic E-state index is -0.183. The van der Waals surface area contributed by atoms with Crippen LogP contribution in [0.5, 0.6) is 0 Å². The molecule has 0 radical (unpaired) electrons. The normalized spacial score (nSPS) is 11.2. The number of nitrogens with zero attached hydrogens (tertiary/aromatic N) is 4. The Morgan fingerprint density at radius 2 is 2.17 bits per heavy atom. The Kier molecular flexibility index (Phi) is 4.38. The number of carbonyl (C=O) groups excluding carboxylic acids is 1. The van der Waals surface area contributed by atoms with Crippen LogP contribution in [0.15, 0.2) is 47.1 Å². The van der Waals surface area contributed by atoms with Crippen LogP contribution in [0.25, 0.3) is 4.96 Å². The van der Waals surface area contributed by atoms with Gasteiger partial charge in [-0.25, -0.2) is 10.4 Å². The summed E-state index contributed by atoms with van der Waals surface area (Å²) in [7, 11) is 3.98. The van der Waals surface area contributed by atoms with Crippen LogP contribution in [-0.2, 0) is 11.2 Å². The molecule has 2 aromatic heterocycles. The number of hydrogen-bond donors (Lipinski definition) is 1. The first-order valence-corrected chi connectivity index (χ1v) is 8.00. The van der Waals surface area contributed by atoms with E-state index in [4.69, 9.17) is 0 Å². The molecule has 0 saturated heterocycles. The minimum absolute atomic E-state index is 0.183. The number of benzene rings is 1. The summed E-state index contributed by atoms with van der Waals surface area (Å²) in [6.45, 7) is 0. The van der Waals surface area contributed by atoms with Crippen LogP contribution in [-0.4, -0.2) is 35.6 Å². The van der Waals surface area contributed by atoms with Crippen molar-refractivity contribution < 1.29 is 4.79 Å². The fraction of sp³-hybridized carbons (Fsp3) is 0.188. The second-order valence-corrected chi connectivity index (χ2v) is 6.15. The smallest absolute Gasteiger partial charge is 0.246 e. The van der Waals surface area contributed by atoms with Crippen molar-refractivity contribution in [2.24, 2.45) is 5.10 Å². The average Bonchev–Trinajstić information content (AvgIpc) is 3.09. The van der Waals surface area contributed by atoms with Crippen molar-refractivity contribution in [1.82, 2.24) is 14.8 Å². The average molecular weight is 327 g/mol. The van der Waals surface area contributed by atoms with Gasteiger partial charge in [-0.05, 0) is 17.7 Å². The first kappa shape index (κ1) is 15.2. The number of thiazole rings is 1. The third-order valence-corrected chi connectivity index (χ3v) is 4.07. The number of nitrogens with one attached hydrogen (secondary N) is 1. The van der Waals surface area contributed by atoms with Crippen LogP contribution in [0, 0.1) is 0 Å². The van der Waals surface area contributed by atoms with Gasteiger partial charge in [-0.3, -0.25) is 9.20 Å². The summed E-state index contributed by atoms with van der Waals surface area (Å²) in [5.74, 6) is -0.183. The molecule has 0 spiro atoms. The van der Waals surface area contributed by atoms with Crippen LogP contribution in [0.2, 0.25) is 0 Å². The molecular weight excluding hydrogens is 310 g/mol. The molecule has 7 heteroatoms. The molecule has 3 aromatic rings. The third-order valence-electron chi connectivity index (χ3n) is 3.30. The van der Waals surface area contributed by atoms with E-state index in [0.29, 0.717) is 0 Å². The van der Waals surface area contributed by atoms with Crippen molar-refractivity contribution in [2.45, 2.75) is 6.42 Å². The van der Waals surface area contributed by atoms with Gasteiger partial charge in [0.15, 0.2) is 4.96 Å². The molecule has 6 nitrogen and oxygen atoms in total. The second-order valence-electron chi connectivity index (χ2n) is 5.28. The molecule has 0 aliphatic heterocycles. The lowest BCUT2D eigenvalue weighted by Gasteiger charge is -2.11. The van der Waals surface area contributed by atoms with E-state index in [1.165, 1.54) is 0 Å². The first-order chi connectivity index (χ1) is 11.1. The number of anilines is 1. The SMILES string of the molecule is CN(C)c1ccc(/C=N\NC(=O)Cc2cn3ccsc3n2)cc1. The van der Waals surface area contributed by atoms with Crippen molar-refractivity contribution >= 4 is 34.1 Å². The van der Waals surface area contributed by atoms with Crippen molar-refractivity contribution in [1.29, 1.82) is 0 Å². The van der Waals surface area contributed by atoms with Gasteiger partial charge in [0.25, 0.3) is 0 Å². The van der Waals surface area contributed by atoms with Crippen molar-refractivity contribution in [3.05, 3.63) is 53.3 Å². The zero-order valence-electron chi connectivity index (χ0n) is 12.9. The van der Waals surface area contributed by atoms with Crippen LogP contribution >= 0.6 is 11.3 Å². The fourth-order valence-corrected chi connectivity index (χ4v) is 2.82. The standard InChI is InChI=1S/C16H17N5OS/c1-20(2)14-5-3-12(4-6-14)10-17-19-15(22)9-13-11-21-7-8-23-16(21)18-13/h3-8,10-11H,9H2,1-2H3,(H,19,22)/b17-10-. The number of fused-ring (bicyclic) bond motifs is 1. The number of imidazole rings is 1. The Hall–Kier alpha value is -2.67. The van der Waals surface area contributed by atoms with E-state index in [-0.39, 0.29) is 12.3 Å².